The third-order valence-corrected chi connectivity index (χ3v) is 5.35. The van der Waals surface area contributed by atoms with Gasteiger partial charge in [0.15, 0.2) is 0 Å². The number of aryl methyl sites for hydroxylation is 3. The highest BCUT2D eigenvalue weighted by Gasteiger charge is 2.12. The monoisotopic (exact) mass is 338 g/mol. The van der Waals surface area contributed by atoms with Crippen LogP contribution in [0.3, 0.4) is 0 Å². The summed E-state index contributed by atoms with van der Waals surface area (Å²) in [4.78, 5) is 0. The zero-order valence-corrected chi connectivity index (χ0v) is 13.6. The first kappa shape index (κ1) is 14.7. The van der Waals surface area contributed by atoms with Gasteiger partial charge in [0.1, 0.15) is 0 Å². The van der Waals surface area contributed by atoms with Gasteiger partial charge in [-0.05, 0) is 65.8 Å². The van der Waals surface area contributed by atoms with Gasteiger partial charge in [-0.25, -0.2) is 0 Å². The standard InChI is InChI=1S/C15H19BrN2S/c1-10-7-13(8-11(2)15(10)16)14(18-17)4-3-12-5-6-19-9-12/h5-9,14,18H,3-4,17H2,1-2H3. The van der Waals surface area contributed by atoms with Crippen molar-refractivity contribution in [1.29, 1.82) is 0 Å². The summed E-state index contributed by atoms with van der Waals surface area (Å²) in [5.74, 6) is 5.72. The first-order chi connectivity index (χ1) is 9.11. The van der Waals surface area contributed by atoms with Gasteiger partial charge in [-0.1, -0.05) is 28.1 Å². The van der Waals surface area contributed by atoms with Gasteiger partial charge in [-0.15, -0.1) is 0 Å². The molecule has 1 atom stereocenters. The molecule has 1 aromatic carbocycles. The zero-order valence-electron chi connectivity index (χ0n) is 11.2. The lowest BCUT2D eigenvalue weighted by Crippen LogP contribution is -2.28. The number of halogens is 1. The SMILES string of the molecule is Cc1cc(C(CCc2ccsc2)NN)cc(C)c1Br. The van der Waals surface area contributed by atoms with Crippen LogP contribution in [0.4, 0.5) is 0 Å². The molecule has 102 valence electrons. The van der Waals surface area contributed by atoms with Gasteiger partial charge in [-0.3, -0.25) is 11.3 Å². The second-order valence-electron chi connectivity index (χ2n) is 4.86. The number of hydrogen-bond donors (Lipinski definition) is 2. The maximum Gasteiger partial charge on any atom is 0.0463 e. The Morgan fingerprint density at radius 1 is 1.32 bits per heavy atom. The number of thiophene rings is 1. The molecule has 0 saturated carbocycles. The lowest BCUT2D eigenvalue weighted by molar-refractivity contribution is 0.516. The Balaban J connectivity index is 2.13. The fourth-order valence-electron chi connectivity index (χ4n) is 2.27. The van der Waals surface area contributed by atoms with E-state index in [-0.39, 0.29) is 6.04 Å². The van der Waals surface area contributed by atoms with Crippen LogP contribution >= 0.6 is 27.3 Å². The van der Waals surface area contributed by atoms with E-state index in [1.165, 1.54) is 26.7 Å². The Kier molecular flexibility index (Phi) is 5.16. The van der Waals surface area contributed by atoms with E-state index in [0.29, 0.717) is 0 Å². The molecule has 3 N–H and O–H groups in total. The number of nitrogens with two attached hydrogens (primary N) is 1. The molecule has 1 aromatic heterocycles. The highest BCUT2D eigenvalue weighted by atomic mass is 79.9. The molecule has 0 aliphatic heterocycles. The first-order valence-corrected chi connectivity index (χ1v) is 8.09. The third kappa shape index (κ3) is 3.66. The van der Waals surface area contributed by atoms with Gasteiger partial charge in [0.05, 0.1) is 0 Å². The molecule has 0 aliphatic carbocycles. The summed E-state index contributed by atoms with van der Waals surface area (Å²) in [6.45, 7) is 4.24. The summed E-state index contributed by atoms with van der Waals surface area (Å²) in [5, 5.41) is 4.32. The van der Waals surface area contributed by atoms with E-state index in [1.807, 2.05) is 0 Å². The summed E-state index contributed by atoms with van der Waals surface area (Å²) in [6, 6.07) is 6.78. The van der Waals surface area contributed by atoms with Crippen molar-refractivity contribution in [3.05, 3.63) is 55.7 Å². The van der Waals surface area contributed by atoms with Gasteiger partial charge in [0.2, 0.25) is 0 Å². The highest BCUT2D eigenvalue weighted by molar-refractivity contribution is 9.10. The quantitative estimate of drug-likeness (QED) is 0.631. The van der Waals surface area contributed by atoms with Crippen LogP contribution in [0, 0.1) is 13.8 Å². The lowest BCUT2D eigenvalue weighted by atomic mass is 9.97. The van der Waals surface area contributed by atoms with Crippen LogP contribution in [0.1, 0.15) is 34.7 Å². The van der Waals surface area contributed by atoms with Crippen molar-refractivity contribution in [3.8, 4) is 0 Å². The maximum atomic E-state index is 5.72. The molecule has 0 amide bonds. The van der Waals surface area contributed by atoms with Crippen LogP contribution < -0.4 is 11.3 Å². The van der Waals surface area contributed by atoms with Gasteiger partial charge in [0, 0.05) is 10.5 Å². The van der Waals surface area contributed by atoms with Crippen molar-refractivity contribution in [2.45, 2.75) is 32.7 Å². The van der Waals surface area contributed by atoms with Crippen molar-refractivity contribution < 1.29 is 0 Å². The minimum absolute atomic E-state index is 0.199. The summed E-state index contributed by atoms with van der Waals surface area (Å²) in [5.41, 5.74) is 8.10. The average Bonchev–Trinajstić information content (AvgIpc) is 2.89. The summed E-state index contributed by atoms with van der Waals surface area (Å²) < 4.78 is 1.19. The van der Waals surface area contributed by atoms with E-state index in [0.717, 1.165) is 12.8 Å². The number of hydrazine groups is 1. The van der Waals surface area contributed by atoms with Crippen molar-refractivity contribution in [2.24, 2.45) is 5.84 Å². The highest BCUT2D eigenvalue weighted by Crippen LogP contribution is 2.27. The Morgan fingerprint density at radius 2 is 2.00 bits per heavy atom. The van der Waals surface area contributed by atoms with Crippen molar-refractivity contribution in [1.82, 2.24) is 5.43 Å². The van der Waals surface area contributed by atoms with E-state index in [4.69, 9.17) is 5.84 Å². The minimum Gasteiger partial charge on any atom is -0.271 e. The van der Waals surface area contributed by atoms with E-state index in [9.17, 15) is 0 Å². The van der Waals surface area contributed by atoms with Crippen LogP contribution in [0.25, 0.3) is 0 Å². The predicted octanol–water partition coefficient (Wildman–Crippen LogP) is 4.26. The molecule has 0 fully saturated rings. The summed E-state index contributed by atoms with van der Waals surface area (Å²) in [6.07, 6.45) is 2.06. The Labute approximate surface area is 127 Å². The number of nitrogens with one attached hydrogen (secondary N) is 1. The molecule has 4 heteroatoms. The summed E-state index contributed by atoms with van der Waals surface area (Å²) >= 11 is 5.35. The number of rotatable bonds is 5. The number of hydrogen-bond acceptors (Lipinski definition) is 3. The molecule has 0 aliphatic rings. The molecule has 1 unspecified atom stereocenters. The Morgan fingerprint density at radius 3 is 2.53 bits per heavy atom. The maximum absolute atomic E-state index is 5.72. The van der Waals surface area contributed by atoms with Gasteiger partial charge >= 0.3 is 0 Å². The van der Waals surface area contributed by atoms with Crippen molar-refractivity contribution in [2.75, 3.05) is 0 Å². The Bertz CT molecular complexity index is 514. The van der Waals surface area contributed by atoms with Crippen LogP contribution in [0.15, 0.2) is 33.4 Å². The lowest BCUT2D eigenvalue weighted by Gasteiger charge is -2.18. The molecular formula is C15H19BrN2S. The van der Waals surface area contributed by atoms with Gasteiger partial charge in [0.25, 0.3) is 0 Å². The third-order valence-electron chi connectivity index (χ3n) is 3.36. The zero-order chi connectivity index (χ0) is 13.8. The minimum atomic E-state index is 0.199. The van der Waals surface area contributed by atoms with Crippen molar-refractivity contribution in [3.63, 3.8) is 0 Å². The van der Waals surface area contributed by atoms with E-state index in [1.54, 1.807) is 11.3 Å². The Hall–Kier alpha value is -0.680. The molecule has 2 aromatic rings. The molecule has 0 spiro atoms. The second-order valence-corrected chi connectivity index (χ2v) is 6.43. The van der Waals surface area contributed by atoms with Crippen LogP contribution in [0.2, 0.25) is 0 Å². The molecule has 0 saturated heterocycles. The molecular weight excluding hydrogens is 320 g/mol. The van der Waals surface area contributed by atoms with Crippen LogP contribution in [-0.4, -0.2) is 0 Å². The topological polar surface area (TPSA) is 38.0 Å². The molecule has 2 nitrogen and oxygen atoms in total. The van der Waals surface area contributed by atoms with Gasteiger partial charge < -0.3 is 0 Å². The molecule has 0 bridgehead atoms. The van der Waals surface area contributed by atoms with Crippen LogP contribution in [0.5, 0.6) is 0 Å². The van der Waals surface area contributed by atoms with E-state index >= 15 is 0 Å². The van der Waals surface area contributed by atoms with E-state index in [2.05, 4.69) is 64.2 Å². The second kappa shape index (κ2) is 6.66. The van der Waals surface area contributed by atoms with E-state index < -0.39 is 0 Å². The van der Waals surface area contributed by atoms with Crippen molar-refractivity contribution >= 4 is 27.3 Å². The summed E-state index contributed by atoms with van der Waals surface area (Å²) in [7, 11) is 0. The first-order valence-electron chi connectivity index (χ1n) is 6.35. The molecule has 0 radical (unpaired) electrons. The molecule has 2 rings (SSSR count). The normalized spacial score (nSPS) is 12.6. The molecule has 19 heavy (non-hydrogen) atoms. The number of benzene rings is 1. The fraction of sp³-hybridized carbons (Fsp3) is 0.333. The fourth-order valence-corrected chi connectivity index (χ4v) is 3.20. The van der Waals surface area contributed by atoms with Gasteiger partial charge in [-0.2, -0.15) is 11.3 Å². The van der Waals surface area contributed by atoms with Crippen LogP contribution in [-0.2, 0) is 6.42 Å². The smallest absolute Gasteiger partial charge is 0.0463 e. The largest absolute Gasteiger partial charge is 0.271 e. The average molecular weight is 339 g/mol. The predicted molar refractivity (Wildman–Crippen MR) is 86.3 cm³/mol. The molecule has 1 heterocycles.